The van der Waals surface area contributed by atoms with Crippen LogP contribution in [0.1, 0.15) is 32.1 Å². The van der Waals surface area contributed by atoms with Gasteiger partial charge in [0.15, 0.2) is 5.65 Å². The molecule has 0 atom stereocenters. The lowest BCUT2D eigenvalue weighted by atomic mass is 10.0. The molecule has 4 heteroatoms. The zero-order chi connectivity index (χ0) is 11.5. The largest absolute Gasteiger partial charge is 0.237 e. The average Bonchev–Trinajstić information content (AvgIpc) is 2.40. The smallest absolute Gasteiger partial charge is 0.163 e. The fourth-order valence-corrected chi connectivity index (χ4v) is 3.59. The molecule has 0 aromatic carbocycles. The van der Waals surface area contributed by atoms with Gasteiger partial charge in [0.1, 0.15) is 11.4 Å². The van der Waals surface area contributed by atoms with E-state index in [1.54, 1.807) is 12.5 Å². The van der Waals surface area contributed by atoms with Gasteiger partial charge in [-0.15, -0.1) is 11.8 Å². The Kier molecular flexibility index (Phi) is 3.22. The van der Waals surface area contributed by atoms with Crippen LogP contribution in [0, 0.1) is 0 Å². The van der Waals surface area contributed by atoms with E-state index >= 15 is 0 Å². The molecule has 0 bridgehead atoms. The Morgan fingerprint density at radius 2 is 1.94 bits per heavy atom. The quantitative estimate of drug-likeness (QED) is 0.760. The molecule has 2 aromatic heterocycles. The molecular formula is C13H15N3S. The van der Waals surface area contributed by atoms with Gasteiger partial charge in [0.25, 0.3) is 0 Å². The Morgan fingerprint density at radius 3 is 2.82 bits per heavy atom. The number of rotatable bonds is 2. The fourth-order valence-electron chi connectivity index (χ4n) is 2.31. The van der Waals surface area contributed by atoms with E-state index in [1.165, 1.54) is 32.1 Å². The van der Waals surface area contributed by atoms with Crippen molar-refractivity contribution in [1.29, 1.82) is 0 Å². The number of thioether (sulfide) groups is 1. The van der Waals surface area contributed by atoms with E-state index in [0.29, 0.717) is 0 Å². The molecule has 0 unspecified atom stereocenters. The first-order valence-corrected chi connectivity index (χ1v) is 7.04. The number of fused-ring (bicyclic) bond motifs is 1. The molecular weight excluding hydrogens is 230 g/mol. The summed E-state index contributed by atoms with van der Waals surface area (Å²) in [6.45, 7) is 0. The van der Waals surface area contributed by atoms with Crippen molar-refractivity contribution in [3.05, 3.63) is 24.7 Å². The normalized spacial score (nSPS) is 17.4. The number of pyridine rings is 1. The highest BCUT2D eigenvalue weighted by Gasteiger charge is 2.16. The second-order valence-corrected chi connectivity index (χ2v) is 5.72. The van der Waals surface area contributed by atoms with Crippen molar-refractivity contribution in [1.82, 2.24) is 15.0 Å². The standard InChI is InChI=1S/C13H15N3S/c1-2-5-10(6-3-1)17-13-11-7-4-8-14-12(11)15-9-16-13/h4,7-10H,1-3,5-6H2. The Balaban J connectivity index is 1.89. The maximum absolute atomic E-state index is 4.41. The van der Waals surface area contributed by atoms with Gasteiger partial charge >= 0.3 is 0 Å². The van der Waals surface area contributed by atoms with Gasteiger partial charge in [-0.3, -0.25) is 0 Å². The lowest BCUT2D eigenvalue weighted by Crippen LogP contribution is -2.08. The highest BCUT2D eigenvalue weighted by molar-refractivity contribution is 8.00. The number of hydrogen-bond acceptors (Lipinski definition) is 4. The molecule has 3 rings (SSSR count). The minimum absolute atomic E-state index is 0.724. The van der Waals surface area contributed by atoms with Gasteiger partial charge in [-0.05, 0) is 25.0 Å². The third kappa shape index (κ3) is 2.41. The van der Waals surface area contributed by atoms with Crippen LogP contribution < -0.4 is 0 Å². The SMILES string of the molecule is c1cnc2ncnc(SC3CCCCC3)c2c1. The summed E-state index contributed by atoms with van der Waals surface area (Å²) in [4.78, 5) is 12.9. The summed E-state index contributed by atoms with van der Waals surface area (Å²) in [5.41, 5.74) is 0.806. The molecule has 1 aliphatic rings. The van der Waals surface area contributed by atoms with Crippen LogP contribution in [0.15, 0.2) is 29.7 Å². The van der Waals surface area contributed by atoms with E-state index in [1.807, 2.05) is 17.8 Å². The van der Waals surface area contributed by atoms with Gasteiger partial charge < -0.3 is 0 Å². The van der Waals surface area contributed by atoms with Crippen LogP contribution in [-0.2, 0) is 0 Å². The van der Waals surface area contributed by atoms with Crippen molar-refractivity contribution in [2.45, 2.75) is 42.4 Å². The van der Waals surface area contributed by atoms with Gasteiger partial charge in [0.2, 0.25) is 0 Å². The fraction of sp³-hybridized carbons (Fsp3) is 0.462. The van der Waals surface area contributed by atoms with E-state index in [2.05, 4.69) is 21.0 Å². The molecule has 0 N–H and O–H groups in total. The zero-order valence-electron chi connectivity index (χ0n) is 9.67. The first-order valence-electron chi connectivity index (χ1n) is 6.16. The molecule has 1 saturated carbocycles. The predicted octanol–water partition coefficient (Wildman–Crippen LogP) is 3.45. The maximum Gasteiger partial charge on any atom is 0.163 e. The highest BCUT2D eigenvalue weighted by atomic mass is 32.2. The molecule has 0 saturated heterocycles. The van der Waals surface area contributed by atoms with Crippen LogP contribution in [-0.4, -0.2) is 20.2 Å². The number of nitrogens with zero attached hydrogens (tertiary/aromatic N) is 3. The molecule has 0 spiro atoms. The average molecular weight is 245 g/mol. The van der Waals surface area contributed by atoms with Crippen molar-refractivity contribution < 1.29 is 0 Å². The van der Waals surface area contributed by atoms with Crippen molar-refractivity contribution >= 4 is 22.8 Å². The predicted molar refractivity (Wildman–Crippen MR) is 70.1 cm³/mol. The lowest BCUT2D eigenvalue weighted by molar-refractivity contribution is 0.516. The second kappa shape index (κ2) is 5.00. The van der Waals surface area contributed by atoms with E-state index in [0.717, 1.165) is 21.3 Å². The Labute approximate surface area is 105 Å². The number of aromatic nitrogens is 3. The van der Waals surface area contributed by atoms with Crippen molar-refractivity contribution in [2.75, 3.05) is 0 Å². The monoisotopic (exact) mass is 245 g/mol. The summed E-state index contributed by atoms with van der Waals surface area (Å²) < 4.78 is 0. The molecule has 1 aliphatic carbocycles. The third-order valence-corrected chi connectivity index (χ3v) is 4.56. The zero-order valence-corrected chi connectivity index (χ0v) is 10.5. The van der Waals surface area contributed by atoms with Gasteiger partial charge in [-0.1, -0.05) is 19.3 Å². The summed E-state index contributed by atoms with van der Waals surface area (Å²) in [6.07, 6.45) is 10.2. The molecule has 3 nitrogen and oxygen atoms in total. The van der Waals surface area contributed by atoms with Gasteiger partial charge in [0.05, 0.1) is 5.39 Å². The molecule has 2 aromatic rings. The minimum atomic E-state index is 0.724. The maximum atomic E-state index is 4.41. The number of hydrogen-bond donors (Lipinski definition) is 0. The van der Waals surface area contributed by atoms with E-state index < -0.39 is 0 Å². The Morgan fingerprint density at radius 1 is 1.06 bits per heavy atom. The first-order chi connectivity index (χ1) is 8.43. The topological polar surface area (TPSA) is 38.7 Å². The summed E-state index contributed by atoms with van der Waals surface area (Å²) in [6, 6.07) is 4.02. The molecule has 88 valence electrons. The molecule has 1 fully saturated rings. The van der Waals surface area contributed by atoms with Gasteiger partial charge in [0, 0.05) is 11.4 Å². The van der Waals surface area contributed by atoms with Crippen LogP contribution >= 0.6 is 11.8 Å². The summed E-state index contributed by atoms with van der Waals surface area (Å²) in [7, 11) is 0. The Bertz CT molecular complexity index is 503. The second-order valence-electron chi connectivity index (χ2n) is 4.43. The van der Waals surface area contributed by atoms with Crippen LogP contribution in [0.2, 0.25) is 0 Å². The first kappa shape index (κ1) is 11.0. The van der Waals surface area contributed by atoms with Gasteiger partial charge in [-0.25, -0.2) is 15.0 Å². The van der Waals surface area contributed by atoms with Gasteiger partial charge in [-0.2, -0.15) is 0 Å². The highest BCUT2D eigenvalue weighted by Crippen LogP contribution is 2.34. The van der Waals surface area contributed by atoms with Crippen LogP contribution in [0.3, 0.4) is 0 Å². The summed E-state index contributed by atoms with van der Waals surface area (Å²) in [5.74, 6) is 0. The molecule has 2 heterocycles. The molecule has 0 radical (unpaired) electrons. The Hall–Kier alpha value is -1.16. The van der Waals surface area contributed by atoms with E-state index in [9.17, 15) is 0 Å². The van der Waals surface area contributed by atoms with Crippen molar-refractivity contribution in [3.8, 4) is 0 Å². The van der Waals surface area contributed by atoms with E-state index in [4.69, 9.17) is 0 Å². The lowest BCUT2D eigenvalue weighted by Gasteiger charge is -2.20. The summed E-state index contributed by atoms with van der Waals surface area (Å²) >= 11 is 1.90. The van der Waals surface area contributed by atoms with Crippen LogP contribution in [0.5, 0.6) is 0 Å². The molecule has 0 amide bonds. The molecule has 17 heavy (non-hydrogen) atoms. The summed E-state index contributed by atoms with van der Waals surface area (Å²) in [5, 5.41) is 2.91. The van der Waals surface area contributed by atoms with E-state index in [-0.39, 0.29) is 0 Å². The van der Waals surface area contributed by atoms with Crippen LogP contribution in [0.4, 0.5) is 0 Å². The van der Waals surface area contributed by atoms with Crippen LogP contribution in [0.25, 0.3) is 11.0 Å². The third-order valence-electron chi connectivity index (χ3n) is 3.20. The molecule has 0 aliphatic heterocycles. The minimum Gasteiger partial charge on any atom is -0.237 e. The van der Waals surface area contributed by atoms with Crippen molar-refractivity contribution in [2.24, 2.45) is 0 Å². The van der Waals surface area contributed by atoms with Crippen molar-refractivity contribution in [3.63, 3.8) is 0 Å².